The molecule has 6 nitrogen and oxygen atoms in total. The van der Waals surface area contributed by atoms with E-state index in [0.717, 1.165) is 26.9 Å². The first-order chi connectivity index (χ1) is 13.2. The van der Waals surface area contributed by atoms with Gasteiger partial charge in [0.1, 0.15) is 5.65 Å². The largest absolute Gasteiger partial charge is 0.379 e. The van der Waals surface area contributed by atoms with Crippen LogP contribution in [0.3, 0.4) is 0 Å². The lowest BCUT2D eigenvalue weighted by Crippen LogP contribution is -2.12. The van der Waals surface area contributed by atoms with Crippen LogP contribution >= 0.6 is 15.9 Å². The number of benzene rings is 1. The second kappa shape index (κ2) is 7.59. The average Bonchev–Trinajstić information content (AvgIpc) is 3.10. The Morgan fingerprint density at radius 2 is 1.89 bits per heavy atom. The molecule has 134 valence electrons. The molecule has 4 aromatic rings. The van der Waals surface area contributed by atoms with E-state index in [1.165, 1.54) is 0 Å². The Morgan fingerprint density at radius 3 is 2.70 bits per heavy atom. The highest BCUT2D eigenvalue weighted by Gasteiger charge is 2.11. The zero-order valence-electron chi connectivity index (χ0n) is 14.2. The van der Waals surface area contributed by atoms with Crippen molar-refractivity contribution >= 4 is 44.2 Å². The van der Waals surface area contributed by atoms with Gasteiger partial charge in [0.25, 0.3) is 5.91 Å². The number of fused-ring (bicyclic) bond motifs is 1. The second-order valence-electron chi connectivity index (χ2n) is 5.98. The molecule has 3 aromatic heterocycles. The van der Waals surface area contributed by atoms with E-state index in [1.807, 2.05) is 42.5 Å². The van der Waals surface area contributed by atoms with Gasteiger partial charge in [0.15, 0.2) is 0 Å². The number of H-pyrrole nitrogens is 1. The minimum Gasteiger partial charge on any atom is -0.379 e. The maximum absolute atomic E-state index is 12.4. The molecule has 0 spiro atoms. The molecule has 4 rings (SSSR count). The Kier molecular flexibility index (Phi) is 4.84. The predicted molar refractivity (Wildman–Crippen MR) is 110 cm³/mol. The fourth-order valence-electron chi connectivity index (χ4n) is 2.75. The predicted octanol–water partition coefficient (Wildman–Crippen LogP) is 4.58. The van der Waals surface area contributed by atoms with E-state index >= 15 is 0 Å². The quantitative estimate of drug-likeness (QED) is 0.440. The van der Waals surface area contributed by atoms with Gasteiger partial charge in [-0.2, -0.15) is 0 Å². The van der Waals surface area contributed by atoms with Crippen LogP contribution in [0.2, 0.25) is 0 Å². The number of nitrogens with zero attached hydrogens (tertiary/aromatic N) is 2. The van der Waals surface area contributed by atoms with Crippen molar-refractivity contribution in [1.29, 1.82) is 0 Å². The molecule has 1 amide bonds. The summed E-state index contributed by atoms with van der Waals surface area (Å²) in [7, 11) is 0. The highest BCUT2D eigenvalue weighted by Crippen LogP contribution is 2.21. The van der Waals surface area contributed by atoms with E-state index in [-0.39, 0.29) is 5.91 Å². The van der Waals surface area contributed by atoms with Gasteiger partial charge in [-0.15, -0.1) is 0 Å². The number of carbonyl (C=O) groups excluding carboxylic acids is 1. The minimum absolute atomic E-state index is 0.182. The molecule has 3 heterocycles. The molecule has 27 heavy (non-hydrogen) atoms. The molecule has 3 N–H and O–H groups in total. The summed E-state index contributed by atoms with van der Waals surface area (Å²) in [5.41, 5.74) is 4.01. The van der Waals surface area contributed by atoms with Gasteiger partial charge in [0.2, 0.25) is 0 Å². The molecule has 0 aliphatic carbocycles. The highest BCUT2D eigenvalue weighted by molar-refractivity contribution is 9.10. The first-order valence-corrected chi connectivity index (χ1v) is 9.16. The number of anilines is 2. The van der Waals surface area contributed by atoms with Crippen LogP contribution in [0.25, 0.3) is 11.0 Å². The SMILES string of the molecule is O=C(Nc1cnc2[nH]c(CNc3ccncc3)cc2c1)c1ccccc1Br. The minimum atomic E-state index is -0.182. The summed E-state index contributed by atoms with van der Waals surface area (Å²) in [6, 6.07) is 15.1. The standard InChI is InChI=1S/C20H16BrN5O/c21-18-4-2-1-3-17(18)20(27)26-16-10-13-9-15(25-19(13)24-12-16)11-23-14-5-7-22-8-6-14/h1-10,12H,11H2,(H,22,23)(H,24,25)(H,26,27). The molecule has 0 unspecified atom stereocenters. The number of nitrogens with one attached hydrogen (secondary N) is 3. The monoisotopic (exact) mass is 421 g/mol. The second-order valence-corrected chi connectivity index (χ2v) is 6.83. The van der Waals surface area contributed by atoms with E-state index in [0.29, 0.717) is 17.8 Å². The summed E-state index contributed by atoms with van der Waals surface area (Å²) in [5, 5.41) is 7.15. The number of rotatable bonds is 5. The lowest BCUT2D eigenvalue weighted by Gasteiger charge is -2.06. The molecule has 0 aliphatic rings. The molecule has 0 radical (unpaired) electrons. The third-order valence-corrected chi connectivity index (χ3v) is 4.76. The molecular formula is C20H16BrN5O. The summed E-state index contributed by atoms with van der Waals surface area (Å²) in [6.45, 7) is 0.638. The van der Waals surface area contributed by atoms with Crippen molar-refractivity contribution in [3.8, 4) is 0 Å². The van der Waals surface area contributed by atoms with Gasteiger partial charge in [0.05, 0.1) is 24.0 Å². The highest BCUT2D eigenvalue weighted by atomic mass is 79.9. The van der Waals surface area contributed by atoms with Crippen LogP contribution in [-0.4, -0.2) is 20.9 Å². The third-order valence-electron chi connectivity index (χ3n) is 4.07. The molecule has 0 bridgehead atoms. The van der Waals surface area contributed by atoms with E-state index in [2.05, 4.69) is 41.5 Å². The summed E-state index contributed by atoms with van der Waals surface area (Å²) in [4.78, 5) is 24.1. The normalized spacial score (nSPS) is 10.7. The van der Waals surface area contributed by atoms with Crippen LogP contribution in [0.15, 0.2) is 71.6 Å². The number of aromatic amines is 1. The number of aromatic nitrogens is 3. The van der Waals surface area contributed by atoms with Crippen LogP contribution in [0.5, 0.6) is 0 Å². The topological polar surface area (TPSA) is 82.7 Å². The zero-order valence-corrected chi connectivity index (χ0v) is 15.8. The molecule has 7 heteroatoms. The number of pyridine rings is 2. The molecule has 0 saturated carbocycles. The Labute approximate surface area is 164 Å². The molecule has 0 fully saturated rings. The van der Waals surface area contributed by atoms with Crippen molar-refractivity contribution in [2.45, 2.75) is 6.54 Å². The van der Waals surface area contributed by atoms with Gasteiger partial charge >= 0.3 is 0 Å². The number of hydrogen-bond donors (Lipinski definition) is 3. The molecule has 0 aliphatic heterocycles. The molecule has 1 aromatic carbocycles. The third kappa shape index (κ3) is 3.98. The van der Waals surface area contributed by atoms with Crippen molar-refractivity contribution in [2.75, 3.05) is 10.6 Å². The van der Waals surface area contributed by atoms with Gasteiger partial charge in [0, 0.05) is 33.6 Å². The van der Waals surface area contributed by atoms with E-state index < -0.39 is 0 Å². The van der Waals surface area contributed by atoms with Crippen LogP contribution in [-0.2, 0) is 6.54 Å². The maximum atomic E-state index is 12.4. The Hall–Kier alpha value is -3.19. The Morgan fingerprint density at radius 1 is 1.07 bits per heavy atom. The van der Waals surface area contributed by atoms with Gasteiger partial charge in [-0.3, -0.25) is 9.78 Å². The van der Waals surface area contributed by atoms with Crippen molar-refractivity contribution in [3.05, 3.63) is 82.9 Å². The maximum Gasteiger partial charge on any atom is 0.256 e. The van der Waals surface area contributed by atoms with Crippen molar-refractivity contribution in [1.82, 2.24) is 15.0 Å². The van der Waals surface area contributed by atoms with E-state index in [4.69, 9.17) is 0 Å². The molecule has 0 atom stereocenters. The lowest BCUT2D eigenvalue weighted by atomic mass is 10.2. The zero-order chi connectivity index (χ0) is 18.6. The van der Waals surface area contributed by atoms with Gasteiger partial charge in [-0.1, -0.05) is 12.1 Å². The molecular weight excluding hydrogens is 406 g/mol. The number of amides is 1. The van der Waals surface area contributed by atoms with Crippen molar-refractivity contribution in [2.24, 2.45) is 0 Å². The summed E-state index contributed by atoms with van der Waals surface area (Å²) >= 11 is 3.40. The summed E-state index contributed by atoms with van der Waals surface area (Å²) in [6.07, 6.45) is 5.14. The fourth-order valence-corrected chi connectivity index (χ4v) is 3.21. The number of halogens is 1. The first kappa shape index (κ1) is 17.2. The van der Waals surface area contributed by atoms with Crippen LogP contribution in [0, 0.1) is 0 Å². The van der Waals surface area contributed by atoms with Crippen molar-refractivity contribution in [3.63, 3.8) is 0 Å². The van der Waals surface area contributed by atoms with Crippen LogP contribution in [0.1, 0.15) is 16.1 Å². The smallest absolute Gasteiger partial charge is 0.256 e. The van der Waals surface area contributed by atoms with Gasteiger partial charge in [-0.05, 0) is 52.3 Å². The van der Waals surface area contributed by atoms with Crippen molar-refractivity contribution < 1.29 is 4.79 Å². The van der Waals surface area contributed by atoms with E-state index in [1.54, 1.807) is 24.7 Å². The van der Waals surface area contributed by atoms with E-state index in [9.17, 15) is 4.79 Å². The summed E-state index contributed by atoms with van der Waals surface area (Å²) < 4.78 is 0.752. The number of carbonyl (C=O) groups is 1. The average molecular weight is 422 g/mol. The van der Waals surface area contributed by atoms with Gasteiger partial charge in [-0.25, -0.2) is 4.98 Å². The van der Waals surface area contributed by atoms with Crippen LogP contribution < -0.4 is 10.6 Å². The number of hydrogen-bond acceptors (Lipinski definition) is 4. The first-order valence-electron chi connectivity index (χ1n) is 8.36. The Balaban J connectivity index is 1.49. The fraction of sp³-hybridized carbons (Fsp3) is 0.0500. The van der Waals surface area contributed by atoms with Crippen LogP contribution in [0.4, 0.5) is 11.4 Å². The molecule has 0 saturated heterocycles. The lowest BCUT2D eigenvalue weighted by molar-refractivity contribution is 0.102. The Bertz CT molecular complexity index is 1090. The summed E-state index contributed by atoms with van der Waals surface area (Å²) in [5.74, 6) is -0.182. The van der Waals surface area contributed by atoms with Gasteiger partial charge < -0.3 is 15.6 Å².